The maximum absolute atomic E-state index is 13.3. The summed E-state index contributed by atoms with van der Waals surface area (Å²) >= 11 is 0. The molecular formula is C27H27N3O2. The van der Waals surface area contributed by atoms with Gasteiger partial charge in [0.1, 0.15) is 0 Å². The van der Waals surface area contributed by atoms with E-state index in [0.29, 0.717) is 22.0 Å². The van der Waals surface area contributed by atoms with Crippen LogP contribution in [-0.4, -0.2) is 15.9 Å². The Morgan fingerprint density at radius 2 is 1.47 bits per heavy atom. The lowest BCUT2D eigenvalue weighted by molar-refractivity contribution is 0.436. The van der Waals surface area contributed by atoms with Gasteiger partial charge in [0.2, 0.25) is 5.88 Å². The number of aromatic hydroxyl groups is 1. The number of nitrogens with zero attached hydrogens (tertiary/aromatic N) is 2. The first-order valence-electron chi connectivity index (χ1n) is 10.6. The number of aryl methyl sites for hydroxylation is 5. The molecule has 0 radical (unpaired) electrons. The topological polar surface area (TPSA) is 66.6 Å². The number of hydrazone groups is 1. The van der Waals surface area contributed by atoms with Crippen molar-refractivity contribution in [2.24, 2.45) is 5.10 Å². The molecule has 162 valence electrons. The Morgan fingerprint density at radius 3 is 2.12 bits per heavy atom. The molecule has 0 fully saturated rings. The molecule has 5 nitrogen and oxygen atoms in total. The van der Waals surface area contributed by atoms with Gasteiger partial charge in [0.25, 0.3) is 5.56 Å². The van der Waals surface area contributed by atoms with Crippen molar-refractivity contribution in [2.75, 3.05) is 5.43 Å². The molecule has 0 saturated heterocycles. The molecule has 4 rings (SSSR count). The largest absolute Gasteiger partial charge is 0.494 e. The zero-order valence-corrected chi connectivity index (χ0v) is 19.0. The van der Waals surface area contributed by atoms with Crippen LogP contribution < -0.4 is 11.0 Å². The zero-order chi connectivity index (χ0) is 23.0. The number of hydrogen-bond acceptors (Lipinski definition) is 4. The molecule has 0 spiro atoms. The molecule has 0 unspecified atom stereocenters. The van der Waals surface area contributed by atoms with Gasteiger partial charge in [-0.05, 0) is 63.4 Å². The number of pyridine rings is 1. The van der Waals surface area contributed by atoms with Gasteiger partial charge in [-0.2, -0.15) is 5.10 Å². The van der Waals surface area contributed by atoms with Crippen LogP contribution in [0.1, 0.15) is 33.4 Å². The quantitative estimate of drug-likeness (QED) is 0.326. The van der Waals surface area contributed by atoms with Crippen LogP contribution in [0.4, 0.5) is 5.69 Å². The van der Waals surface area contributed by atoms with Crippen LogP contribution in [0.15, 0.2) is 64.5 Å². The molecule has 0 saturated carbocycles. The van der Waals surface area contributed by atoms with Gasteiger partial charge in [0.05, 0.1) is 23.2 Å². The summed E-state index contributed by atoms with van der Waals surface area (Å²) in [5.41, 5.74) is 10.3. The minimum Gasteiger partial charge on any atom is -0.494 e. The molecule has 4 aromatic rings. The molecule has 3 aromatic carbocycles. The van der Waals surface area contributed by atoms with Crippen LogP contribution in [0.2, 0.25) is 0 Å². The maximum Gasteiger partial charge on any atom is 0.265 e. The number of hydrogen-bond donors (Lipinski definition) is 2. The van der Waals surface area contributed by atoms with E-state index in [1.165, 1.54) is 10.1 Å². The van der Waals surface area contributed by atoms with Gasteiger partial charge in [-0.3, -0.25) is 10.2 Å². The number of benzene rings is 3. The predicted octanol–water partition coefficient (Wildman–Crippen LogP) is 5.68. The third-order valence-corrected chi connectivity index (χ3v) is 5.74. The molecule has 1 heterocycles. The Labute approximate surface area is 187 Å². The third kappa shape index (κ3) is 3.78. The molecule has 2 N–H and O–H groups in total. The highest BCUT2D eigenvalue weighted by Gasteiger charge is 2.17. The highest BCUT2D eigenvalue weighted by atomic mass is 16.3. The van der Waals surface area contributed by atoms with E-state index in [2.05, 4.69) is 29.6 Å². The molecule has 0 amide bonds. The number of fused-ring (bicyclic) bond motifs is 1. The lowest BCUT2D eigenvalue weighted by atomic mass is 10.1. The van der Waals surface area contributed by atoms with Gasteiger partial charge in [0.15, 0.2) is 0 Å². The van der Waals surface area contributed by atoms with Gasteiger partial charge < -0.3 is 5.11 Å². The second kappa shape index (κ2) is 8.35. The summed E-state index contributed by atoms with van der Waals surface area (Å²) in [5, 5.41) is 16.8. The normalized spacial score (nSPS) is 11.4. The second-order valence-electron chi connectivity index (χ2n) is 8.36. The van der Waals surface area contributed by atoms with E-state index < -0.39 is 0 Å². The van der Waals surface area contributed by atoms with E-state index in [0.717, 1.165) is 27.9 Å². The van der Waals surface area contributed by atoms with Crippen molar-refractivity contribution in [1.82, 2.24) is 4.57 Å². The Balaban J connectivity index is 1.88. The average molecular weight is 426 g/mol. The fourth-order valence-corrected chi connectivity index (χ4v) is 4.29. The second-order valence-corrected chi connectivity index (χ2v) is 8.36. The van der Waals surface area contributed by atoms with Crippen molar-refractivity contribution in [2.45, 2.75) is 34.6 Å². The SMILES string of the molecule is Cc1ccc(-n2c(O)c(C=NNc3c(C)cc(C)cc3C)c3ccccc3c2=O)c(C)c1. The highest BCUT2D eigenvalue weighted by Crippen LogP contribution is 2.28. The van der Waals surface area contributed by atoms with Gasteiger partial charge >= 0.3 is 0 Å². The summed E-state index contributed by atoms with van der Waals surface area (Å²) in [6, 6.07) is 17.3. The van der Waals surface area contributed by atoms with Crippen LogP contribution in [0, 0.1) is 34.6 Å². The lowest BCUT2D eigenvalue weighted by Gasteiger charge is -2.16. The molecule has 32 heavy (non-hydrogen) atoms. The van der Waals surface area contributed by atoms with E-state index in [9.17, 15) is 9.90 Å². The van der Waals surface area contributed by atoms with Gasteiger partial charge in [-0.15, -0.1) is 0 Å². The number of rotatable bonds is 4. The number of nitrogens with one attached hydrogen (secondary N) is 1. The van der Waals surface area contributed by atoms with Crippen LogP contribution in [0.25, 0.3) is 16.5 Å². The summed E-state index contributed by atoms with van der Waals surface area (Å²) in [4.78, 5) is 13.3. The van der Waals surface area contributed by atoms with Crippen molar-refractivity contribution in [3.05, 3.63) is 98.3 Å². The Bertz CT molecular complexity index is 1410. The molecule has 0 aliphatic rings. The first-order valence-corrected chi connectivity index (χ1v) is 10.6. The fourth-order valence-electron chi connectivity index (χ4n) is 4.29. The minimum atomic E-state index is -0.264. The lowest BCUT2D eigenvalue weighted by Crippen LogP contribution is -2.21. The molecule has 5 heteroatoms. The summed E-state index contributed by atoms with van der Waals surface area (Å²) in [7, 11) is 0. The Kier molecular flexibility index (Phi) is 5.57. The minimum absolute atomic E-state index is 0.136. The first-order chi connectivity index (χ1) is 15.3. The fraction of sp³-hybridized carbons (Fsp3) is 0.185. The average Bonchev–Trinajstić information content (AvgIpc) is 2.73. The van der Waals surface area contributed by atoms with Gasteiger partial charge in [-0.1, -0.05) is 53.6 Å². The van der Waals surface area contributed by atoms with Crippen LogP contribution in [-0.2, 0) is 0 Å². The Morgan fingerprint density at radius 1 is 0.844 bits per heavy atom. The van der Waals surface area contributed by atoms with Gasteiger partial charge in [-0.25, -0.2) is 4.57 Å². The predicted molar refractivity (Wildman–Crippen MR) is 133 cm³/mol. The zero-order valence-electron chi connectivity index (χ0n) is 19.0. The molecule has 0 aliphatic carbocycles. The third-order valence-electron chi connectivity index (χ3n) is 5.74. The number of aromatic nitrogens is 1. The summed E-state index contributed by atoms with van der Waals surface area (Å²) in [6.45, 7) is 10.1. The molecule has 0 atom stereocenters. The van der Waals surface area contributed by atoms with E-state index in [-0.39, 0.29) is 11.4 Å². The highest BCUT2D eigenvalue weighted by molar-refractivity contribution is 6.02. The van der Waals surface area contributed by atoms with Crippen molar-refractivity contribution < 1.29 is 5.11 Å². The van der Waals surface area contributed by atoms with Crippen LogP contribution in [0.5, 0.6) is 5.88 Å². The standard InChI is InChI=1S/C27H27N3O2/c1-16-10-11-24(18(3)12-16)30-26(31)22-9-7-6-8-21(22)23(27(30)32)15-28-29-25-19(4)13-17(2)14-20(25)5/h6-15,29,32H,1-5H3. The van der Waals surface area contributed by atoms with Crippen molar-refractivity contribution in [1.29, 1.82) is 0 Å². The molecule has 0 aliphatic heterocycles. The van der Waals surface area contributed by atoms with E-state index in [4.69, 9.17) is 0 Å². The van der Waals surface area contributed by atoms with Crippen LogP contribution in [0.3, 0.4) is 0 Å². The van der Waals surface area contributed by atoms with E-state index in [1.54, 1.807) is 12.3 Å². The Hall–Kier alpha value is -3.86. The van der Waals surface area contributed by atoms with Gasteiger partial charge in [0, 0.05) is 10.8 Å². The van der Waals surface area contributed by atoms with Crippen molar-refractivity contribution >= 4 is 22.7 Å². The summed E-state index contributed by atoms with van der Waals surface area (Å²) < 4.78 is 1.36. The molecule has 0 bridgehead atoms. The molecular weight excluding hydrogens is 398 g/mol. The van der Waals surface area contributed by atoms with Crippen molar-refractivity contribution in [3.63, 3.8) is 0 Å². The maximum atomic E-state index is 13.3. The van der Waals surface area contributed by atoms with E-state index in [1.807, 2.05) is 64.1 Å². The monoisotopic (exact) mass is 425 g/mol. The summed E-state index contributed by atoms with van der Waals surface area (Å²) in [5.74, 6) is -0.136. The summed E-state index contributed by atoms with van der Waals surface area (Å²) in [6.07, 6.45) is 1.58. The number of anilines is 1. The molecule has 1 aromatic heterocycles. The smallest absolute Gasteiger partial charge is 0.265 e. The van der Waals surface area contributed by atoms with E-state index >= 15 is 0 Å². The first kappa shape index (κ1) is 21.4. The van der Waals surface area contributed by atoms with Crippen LogP contribution >= 0.6 is 0 Å². The van der Waals surface area contributed by atoms with Crippen molar-refractivity contribution in [3.8, 4) is 11.6 Å².